The van der Waals surface area contributed by atoms with Crippen molar-refractivity contribution in [3.8, 4) is 0 Å². The lowest BCUT2D eigenvalue weighted by atomic mass is 9.90. The van der Waals surface area contributed by atoms with Crippen molar-refractivity contribution in [2.45, 2.75) is 12.5 Å². The van der Waals surface area contributed by atoms with Gasteiger partial charge in [0, 0.05) is 23.8 Å². The minimum absolute atomic E-state index is 0.00646. The maximum Gasteiger partial charge on any atom is 0.233 e. The average molecular weight is 287 g/mol. The van der Waals surface area contributed by atoms with Gasteiger partial charge in [0.1, 0.15) is 0 Å². The number of hydrogen-bond donors (Lipinski definition) is 2. The van der Waals surface area contributed by atoms with Crippen molar-refractivity contribution in [1.82, 2.24) is 5.32 Å². The number of carbonyl (C=O) groups is 1. The molecule has 1 atom stereocenters. The lowest BCUT2D eigenvalue weighted by molar-refractivity contribution is -0.117. The van der Waals surface area contributed by atoms with E-state index < -0.39 is 0 Å². The van der Waals surface area contributed by atoms with Gasteiger partial charge in [-0.15, -0.1) is 0 Å². The molecule has 0 fully saturated rings. The van der Waals surface area contributed by atoms with Crippen molar-refractivity contribution in [2.75, 3.05) is 11.9 Å². The van der Waals surface area contributed by atoms with Gasteiger partial charge in [0.05, 0.1) is 5.92 Å². The summed E-state index contributed by atoms with van der Waals surface area (Å²) in [6.07, 6.45) is 0. The molecule has 0 spiro atoms. The molecule has 1 heterocycles. The van der Waals surface area contributed by atoms with E-state index in [1.54, 1.807) is 12.1 Å². The van der Waals surface area contributed by atoms with Gasteiger partial charge in [0.25, 0.3) is 0 Å². The van der Waals surface area contributed by atoms with Gasteiger partial charge in [-0.1, -0.05) is 35.9 Å². The van der Waals surface area contributed by atoms with Gasteiger partial charge >= 0.3 is 0 Å². The van der Waals surface area contributed by atoms with Crippen LogP contribution in [-0.2, 0) is 11.3 Å². The second kappa shape index (κ2) is 5.65. The summed E-state index contributed by atoms with van der Waals surface area (Å²) < 4.78 is 0. The molecule has 2 N–H and O–H groups in total. The number of anilines is 1. The van der Waals surface area contributed by atoms with Crippen molar-refractivity contribution >= 4 is 23.2 Å². The fraction of sp³-hybridized carbons (Fsp3) is 0.188. The van der Waals surface area contributed by atoms with Crippen LogP contribution in [0.1, 0.15) is 17.0 Å². The first-order valence-electron chi connectivity index (χ1n) is 6.59. The second-order valence-corrected chi connectivity index (χ2v) is 5.31. The predicted molar refractivity (Wildman–Crippen MR) is 81.0 cm³/mol. The molecule has 2 aromatic rings. The molecule has 4 heteroatoms. The summed E-state index contributed by atoms with van der Waals surface area (Å²) in [6.45, 7) is 1.48. The highest BCUT2D eigenvalue weighted by atomic mass is 35.5. The number of benzene rings is 2. The molecule has 1 aliphatic rings. The lowest BCUT2D eigenvalue weighted by Gasteiger charge is -2.25. The number of halogens is 1. The Kier molecular flexibility index (Phi) is 3.72. The molecular weight excluding hydrogens is 272 g/mol. The summed E-state index contributed by atoms with van der Waals surface area (Å²) in [5, 5.41) is 6.89. The van der Waals surface area contributed by atoms with Crippen LogP contribution in [0.3, 0.4) is 0 Å². The zero-order chi connectivity index (χ0) is 13.9. The van der Waals surface area contributed by atoms with Gasteiger partial charge < -0.3 is 10.6 Å². The number of amides is 1. The van der Waals surface area contributed by atoms with Crippen LogP contribution in [0.25, 0.3) is 0 Å². The third-order valence-electron chi connectivity index (χ3n) is 3.52. The normalized spacial score (nSPS) is 17.4. The standard InChI is InChI=1S/C16H15ClN2O/c17-12-5-7-13(8-6-12)19-16(20)15-10-18-9-11-3-1-2-4-14(11)15/h1-8,15,18H,9-10H2,(H,19,20). The van der Waals surface area contributed by atoms with Gasteiger partial charge in [-0.25, -0.2) is 0 Å². The van der Waals surface area contributed by atoms with Crippen molar-refractivity contribution in [1.29, 1.82) is 0 Å². The van der Waals surface area contributed by atoms with Gasteiger partial charge in [0.15, 0.2) is 0 Å². The average Bonchev–Trinajstić information content (AvgIpc) is 2.49. The second-order valence-electron chi connectivity index (χ2n) is 4.88. The molecule has 3 rings (SSSR count). The molecule has 1 aliphatic heterocycles. The maximum absolute atomic E-state index is 12.4. The van der Waals surface area contributed by atoms with E-state index in [0.29, 0.717) is 11.6 Å². The van der Waals surface area contributed by atoms with E-state index in [2.05, 4.69) is 16.7 Å². The summed E-state index contributed by atoms with van der Waals surface area (Å²) in [5.41, 5.74) is 3.06. The molecule has 0 radical (unpaired) electrons. The third-order valence-corrected chi connectivity index (χ3v) is 3.77. The van der Waals surface area contributed by atoms with E-state index in [0.717, 1.165) is 17.8 Å². The molecule has 3 nitrogen and oxygen atoms in total. The molecule has 20 heavy (non-hydrogen) atoms. The van der Waals surface area contributed by atoms with Crippen LogP contribution >= 0.6 is 11.6 Å². The van der Waals surface area contributed by atoms with E-state index in [1.165, 1.54) is 5.56 Å². The summed E-state index contributed by atoms with van der Waals surface area (Å²) in [4.78, 5) is 12.4. The fourth-order valence-corrected chi connectivity index (χ4v) is 2.62. The highest BCUT2D eigenvalue weighted by molar-refractivity contribution is 6.30. The third kappa shape index (κ3) is 2.69. The van der Waals surface area contributed by atoms with Crippen LogP contribution in [0.2, 0.25) is 5.02 Å². The Morgan fingerprint density at radius 1 is 1.15 bits per heavy atom. The van der Waals surface area contributed by atoms with Gasteiger partial charge in [-0.05, 0) is 35.4 Å². The van der Waals surface area contributed by atoms with E-state index in [1.807, 2.05) is 30.3 Å². The fourth-order valence-electron chi connectivity index (χ4n) is 2.49. The summed E-state index contributed by atoms with van der Waals surface area (Å²) >= 11 is 5.84. The van der Waals surface area contributed by atoms with Crippen LogP contribution in [0.5, 0.6) is 0 Å². The molecule has 0 saturated carbocycles. The summed E-state index contributed by atoms with van der Waals surface area (Å²) in [6, 6.07) is 15.2. The number of fused-ring (bicyclic) bond motifs is 1. The van der Waals surface area contributed by atoms with Crippen molar-refractivity contribution in [2.24, 2.45) is 0 Å². The largest absolute Gasteiger partial charge is 0.326 e. The Labute approximate surface area is 123 Å². The van der Waals surface area contributed by atoms with Crippen LogP contribution in [0, 0.1) is 0 Å². The van der Waals surface area contributed by atoms with Crippen LogP contribution in [-0.4, -0.2) is 12.5 Å². The van der Waals surface area contributed by atoms with Crippen LogP contribution in [0.15, 0.2) is 48.5 Å². The first-order valence-corrected chi connectivity index (χ1v) is 6.97. The Hall–Kier alpha value is -1.84. The molecule has 1 unspecified atom stereocenters. The van der Waals surface area contributed by atoms with Crippen molar-refractivity contribution < 1.29 is 4.79 Å². The molecule has 0 saturated heterocycles. The Balaban J connectivity index is 1.80. The molecule has 102 valence electrons. The highest BCUT2D eigenvalue weighted by Crippen LogP contribution is 2.25. The number of carbonyl (C=O) groups excluding carboxylic acids is 1. The van der Waals surface area contributed by atoms with E-state index in [4.69, 9.17) is 11.6 Å². The van der Waals surface area contributed by atoms with Gasteiger partial charge in [-0.3, -0.25) is 4.79 Å². The Morgan fingerprint density at radius 3 is 2.70 bits per heavy atom. The van der Waals surface area contributed by atoms with E-state index in [-0.39, 0.29) is 11.8 Å². The topological polar surface area (TPSA) is 41.1 Å². The molecule has 1 amide bonds. The van der Waals surface area contributed by atoms with Gasteiger partial charge in [0.2, 0.25) is 5.91 Å². The van der Waals surface area contributed by atoms with Crippen LogP contribution in [0.4, 0.5) is 5.69 Å². The molecule has 0 bridgehead atoms. The minimum atomic E-state index is -0.157. The summed E-state index contributed by atoms with van der Waals surface area (Å²) in [5.74, 6) is -0.150. The van der Waals surface area contributed by atoms with Crippen molar-refractivity contribution in [3.05, 3.63) is 64.7 Å². The minimum Gasteiger partial charge on any atom is -0.326 e. The maximum atomic E-state index is 12.4. The van der Waals surface area contributed by atoms with E-state index in [9.17, 15) is 4.79 Å². The number of hydrogen-bond acceptors (Lipinski definition) is 2. The van der Waals surface area contributed by atoms with Crippen molar-refractivity contribution in [3.63, 3.8) is 0 Å². The Morgan fingerprint density at radius 2 is 1.90 bits per heavy atom. The number of rotatable bonds is 2. The summed E-state index contributed by atoms with van der Waals surface area (Å²) in [7, 11) is 0. The van der Waals surface area contributed by atoms with E-state index >= 15 is 0 Å². The first kappa shape index (κ1) is 13.2. The highest BCUT2D eigenvalue weighted by Gasteiger charge is 2.25. The lowest BCUT2D eigenvalue weighted by Crippen LogP contribution is -2.35. The monoisotopic (exact) mass is 286 g/mol. The smallest absolute Gasteiger partial charge is 0.233 e. The zero-order valence-electron chi connectivity index (χ0n) is 10.9. The number of nitrogens with one attached hydrogen (secondary N) is 2. The molecule has 0 aromatic heterocycles. The van der Waals surface area contributed by atoms with Gasteiger partial charge in [-0.2, -0.15) is 0 Å². The van der Waals surface area contributed by atoms with Crippen LogP contribution < -0.4 is 10.6 Å². The molecule has 2 aromatic carbocycles. The quantitative estimate of drug-likeness (QED) is 0.890. The molecule has 0 aliphatic carbocycles. The predicted octanol–water partition coefficient (Wildman–Crippen LogP) is 3.17. The Bertz CT molecular complexity index is 625. The first-order chi connectivity index (χ1) is 9.74. The zero-order valence-corrected chi connectivity index (χ0v) is 11.7. The SMILES string of the molecule is O=C(Nc1ccc(Cl)cc1)C1CNCc2ccccc21. The molecular formula is C16H15ClN2O.